The van der Waals surface area contributed by atoms with Crippen LogP contribution in [-0.4, -0.2) is 6.54 Å². The van der Waals surface area contributed by atoms with E-state index in [-0.39, 0.29) is 0 Å². The van der Waals surface area contributed by atoms with Crippen LogP contribution in [0.5, 0.6) is 0 Å². The van der Waals surface area contributed by atoms with Crippen LogP contribution in [0.1, 0.15) is 62.8 Å². The lowest BCUT2D eigenvalue weighted by atomic mass is 9.94. The molecule has 100 valence electrons. The summed E-state index contributed by atoms with van der Waals surface area (Å²) in [6.45, 7) is 7.90. The quantitative estimate of drug-likeness (QED) is 0.756. The second-order valence-corrected chi connectivity index (χ2v) is 5.50. The van der Waals surface area contributed by atoms with Crippen molar-refractivity contribution in [2.45, 2.75) is 58.9 Å². The Hall–Kier alpha value is -0.820. The molecule has 1 atom stereocenters. The highest BCUT2D eigenvalue weighted by molar-refractivity contribution is 5.34. The van der Waals surface area contributed by atoms with Crippen LogP contribution in [0.15, 0.2) is 18.2 Å². The third-order valence-corrected chi connectivity index (χ3v) is 4.06. The molecule has 2 rings (SSSR count). The zero-order chi connectivity index (χ0) is 13.0. The van der Waals surface area contributed by atoms with E-state index < -0.39 is 0 Å². The van der Waals surface area contributed by atoms with E-state index in [0.29, 0.717) is 6.04 Å². The molecular formula is C17H27N. The first-order valence-electron chi connectivity index (χ1n) is 7.65. The number of hydrogen-bond acceptors (Lipinski definition) is 1. The SMILES string of the molecule is CCCNC(c1ccc(CC)c(CC)c1)C1CC1. The van der Waals surface area contributed by atoms with Crippen molar-refractivity contribution in [3.8, 4) is 0 Å². The van der Waals surface area contributed by atoms with Gasteiger partial charge >= 0.3 is 0 Å². The summed E-state index contributed by atoms with van der Waals surface area (Å²) >= 11 is 0. The molecule has 1 aromatic rings. The first-order valence-corrected chi connectivity index (χ1v) is 7.65. The molecule has 0 aromatic heterocycles. The molecule has 0 saturated heterocycles. The molecule has 18 heavy (non-hydrogen) atoms. The average Bonchev–Trinajstić information content (AvgIpc) is 3.23. The van der Waals surface area contributed by atoms with Gasteiger partial charge in [-0.3, -0.25) is 0 Å². The summed E-state index contributed by atoms with van der Waals surface area (Å²) in [6.07, 6.45) is 6.33. The smallest absolute Gasteiger partial charge is 0.0348 e. The van der Waals surface area contributed by atoms with Crippen molar-refractivity contribution in [3.63, 3.8) is 0 Å². The molecule has 1 aromatic carbocycles. The summed E-state index contributed by atoms with van der Waals surface area (Å²) in [4.78, 5) is 0. The van der Waals surface area contributed by atoms with Crippen LogP contribution in [0.2, 0.25) is 0 Å². The van der Waals surface area contributed by atoms with Gasteiger partial charge < -0.3 is 5.32 Å². The van der Waals surface area contributed by atoms with Crippen molar-refractivity contribution in [1.29, 1.82) is 0 Å². The average molecular weight is 245 g/mol. The van der Waals surface area contributed by atoms with Crippen LogP contribution in [0.4, 0.5) is 0 Å². The third-order valence-electron chi connectivity index (χ3n) is 4.06. The van der Waals surface area contributed by atoms with E-state index in [1.54, 1.807) is 5.56 Å². The molecule has 1 unspecified atom stereocenters. The van der Waals surface area contributed by atoms with Gasteiger partial charge in [-0.1, -0.05) is 39.0 Å². The highest BCUT2D eigenvalue weighted by Crippen LogP contribution is 2.41. The maximum Gasteiger partial charge on any atom is 0.0348 e. The topological polar surface area (TPSA) is 12.0 Å². The predicted molar refractivity (Wildman–Crippen MR) is 79.0 cm³/mol. The molecule has 0 bridgehead atoms. The summed E-state index contributed by atoms with van der Waals surface area (Å²) < 4.78 is 0. The fourth-order valence-corrected chi connectivity index (χ4v) is 2.80. The number of rotatable bonds is 7. The molecule has 0 aliphatic heterocycles. The highest BCUT2D eigenvalue weighted by Gasteiger charge is 2.31. The molecule has 0 amide bonds. The molecule has 1 nitrogen and oxygen atoms in total. The molecule has 1 N–H and O–H groups in total. The minimum atomic E-state index is 0.598. The van der Waals surface area contributed by atoms with Gasteiger partial charge in [0, 0.05) is 6.04 Å². The molecule has 1 heteroatoms. The van der Waals surface area contributed by atoms with Crippen LogP contribution in [0.25, 0.3) is 0 Å². The van der Waals surface area contributed by atoms with Gasteiger partial charge in [0.2, 0.25) is 0 Å². The molecule has 1 aliphatic rings. The van der Waals surface area contributed by atoms with Gasteiger partial charge in [-0.15, -0.1) is 0 Å². The van der Waals surface area contributed by atoms with Crippen LogP contribution in [0, 0.1) is 5.92 Å². The van der Waals surface area contributed by atoms with Crippen LogP contribution in [0.3, 0.4) is 0 Å². The molecule has 0 radical (unpaired) electrons. The Balaban J connectivity index is 2.18. The molecule has 0 spiro atoms. The molecular weight excluding hydrogens is 218 g/mol. The van der Waals surface area contributed by atoms with Gasteiger partial charge in [0.05, 0.1) is 0 Å². The third kappa shape index (κ3) is 3.14. The lowest BCUT2D eigenvalue weighted by molar-refractivity contribution is 0.481. The maximum atomic E-state index is 3.74. The summed E-state index contributed by atoms with van der Waals surface area (Å²) in [5, 5.41) is 3.74. The van der Waals surface area contributed by atoms with Crippen molar-refractivity contribution < 1.29 is 0 Å². The van der Waals surface area contributed by atoms with Crippen LogP contribution in [-0.2, 0) is 12.8 Å². The Morgan fingerprint density at radius 3 is 2.39 bits per heavy atom. The predicted octanol–water partition coefficient (Wildman–Crippen LogP) is 4.26. The molecule has 0 heterocycles. The van der Waals surface area contributed by atoms with E-state index in [0.717, 1.165) is 25.3 Å². The Bertz CT molecular complexity index is 379. The zero-order valence-corrected chi connectivity index (χ0v) is 12.1. The fraction of sp³-hybridized carbons (Fsp3) is 0.647. The second-order valence-electron chi connectivity index (χ2n) is 5.50. The maximum absolute atomic E-state index is 3.74. The van der Waals surface area contributed by atoms with Gasteiger partial charge in [0.25, 0.3) is 0 Å². The Morgan fingerprint density at radius 2 is 1.83 bits per heavy atom. The van der Waals surface area contributed by atoms with Crippen LogP contribution >= 0.6 is 0 Å². The van der Waals surface area contributed by atoms with E-state index in [9.17, 15) is 0 Å². The monoisotopic (exact) mass is 245 g/mol. The standard InChI is InChI=1S/C17H27N/c1-4-11-18-17(15-8-9-15)16-10-7-13(5-2)14(6-3)12-16/h7,10,12,15,17-18H,4-6,8-9,11H2,1-3H3. The van der Waals surface area contributed by atoms with Gasteiger partial charge in [-0.2, -0.15) is 0 Å². The van der Waals surface area contributed by atoms with E-state index >= 15 is 0 Å². The van der Waals surface area contributed by atoms with E-state index in [2.05, 4.69) is 44.3 Å². The molecule has 1 fully saturated rings. The summed E-state index contributed by atoms with van der Waals surface area (Å²) in [5.41, 5.74) is 4.57. The Labute approximate surface area is 112 Å². The lowest BCUT2D eigenvalue weighted by Crippen LogP contribution is -2.24. The van der Waals surface area contributed by atoms with Gasteiger partial charge in [-0.05, 0) is 61.3 Å². The van der Waals surface area contributed by atoms with E-state index in [4.69, 9.17) is 0 Å². The minimum absolute atomic E-state index is 0.598. The van der Waals surface area contributed by atoms with Crippen molar-refractivity contribution in [3.05, 3.63) is 34.9 Å². The number of nitrogens with one attached hydrogen (secondary N) is 1. The van der Waals surface area contributed by atoms with Crippen molar-refractivity contribution in [2.75, 3.05) is 6.54 Å². The normalized spacial score (nSPS) is 16.8. The summed E-state index contributed by atoms with van der Waals surface area (Å²) in [7, 11) is 0. The van der Waals surface area contributed by atoms with Crippen molar-refractivity contribution >= 4 is 0 Å². The summed E-state index contributed by atoms with van der Waals surface area (Å²) in [5.74, 6) is 0.883. The number of aryl methyl sites for hydroxylation is 2. The Morgan fingerprint density at radius 1 is 1.11 bits per heavy atom. The van der Waals surface area contributed by atoms with Crippen LogP contribution < -0.4 is 5.32 Å². The zero-order valence-electron chi connectivity index (χ0n) is 12.1. The highest BCUT2D eigenvalue weighted by atomic mass is 14.9. The first-order chi connectivity index (χ1) is 8.80. The van der Waals surface area contributed by atoms with E-state index in [1.165, 1.54) is 30.4 Å². The molecule has 1 saturated carbocycles. The summed E-state index contributed by atoms with van der Waals surface area (Å²) in [6, 6.07) is 7.74. The largest absolute Gasteiger partial charge is 0.310 e. The number of benzene rings is 1. The fourth-order valence-electron chi connectivity index (χ4n) is 2.80. The lowest BCUT2D eigenvalue weighted by Gasteiger charge is -2.20. The minimum Gasteiger partial charge on any atom is -0.310 e. The number of hydrogen-bond donors (Lipinski definition) is 1. The van der Waals surface area contributed by atoms with Gasteiger partial charge in [-0.25, -0.2) is 0 Å². The van der Waals surface area contributed by atoms with Crippen molar-refractivity contribution in [2.24, 2.45) is 5.92 Å². The molecule has 1 aliphatic carbocycles. The van der Waals surface area contributed by atoms with Gasteiger partial charge in [0.1, 0.15) is 0 Å². The Kier molecular flexibility index (Phi) is 4.82. The first kappa shape index (κ1) is 13.6. The van der Waals surface area contributed by atoms with Gasteiger partial charge in [0.15, 0.2) is 0 Å². The van der Waals surface area contributed by atoms with Crippen molar-refractivity contribution in [1.82, 2.24) is 5.32 Å². The second kappa shape index (κ2) is 6.38. The van der Waals surface area contributed by atoms with E-state index in [1.807, 2.05) is 0 Å².